The number of hydrogen-bond donors (Lipinski definition) is 1. The number of nitrogens with zero attached hydrogens (tertiary/aromatic N) is 2. The Balaban J connectivity index is 2.04. The van der Waals surface area contributed by atoms with Crippen LogP contribution in [0.2, 0.25) is 0 Å². The van der Waals surface area contributed by atoms with Crippen LogP contribution in [0, 0.1) is 6.92 Å². The van der Waals surface area contributed by atoms with Crippen molar-refractivity contribution in [1.82, 2.24) is 9.78 Å². The zero-order valence-corrected chi connectivity index (χ0v) is 10.2. The van der Waals surface area contributed by atoms with Gasteiger partial charge in [-0.05, 0) is 26.0 Å². The zero-order chi connectivity index (χ0) is 12.3. The SMILES string of the molecule is CCn1cc(COc2cccc(N)c2C)cn1. The second-order valence-corrected chi connectivity index (χ2v) is 3.96. The molecular weight excluding hydrogens is 214 g/mol. The fourth-order valence-corrected chi connectivity index (χ4v) is 1.60. The molecule has 0 spiro atoms. The summed E-state index contributed by atoms with van der Waals surface area (Å²) in [5, 5.41) is 4.20. The van der Waals surface area contributed by atoms with Gasteiger partial charge < -0.3 is 10.5 Å². The van der Waals surface area contributed by atoms with Crippen molar-refractivity contribution in [1.29, 1.82) is 0 Å². The monoisotopic (exact) mass is 231 g/mol. The fraction of sp³-hybridized carbons (Fsp3) is 0.308. The van der Waals surface area contributed by atoms with Crippen molar-refractivity contribution in [2.45, 2.75) is 27.0 Å². The molecule has 90 valence electrons. The molecule has 0 aliphatic heterocycles. The van der Waals surface area contributed by atoms with Gasteiger partial charge in [0.2, 0.25) is 0 Å². The molecule has 2 aromatic rings. The van der Waals surface area contributed by atoms with Gasteiger partial charge in [0.05, 0.1) is 6.20 Å². The lowest BCUT2D eigenvalue weighted by Gasteiger charge is -2.09. The number of anilines is 1. The Morgan fingerprint density at radius 3 is 2.94 bits per heavy atom. The van der Waals surface area contributed by atoms with Crippen LogP contribution < -0.4 is 10.5 Å². The van der Waals surface area contributed by atoms with Crippen molar-refractivity contribution in [3.8, 4) is 5.75 Å². The Labute approximate surface area is 101 Å². The Bertz CT molecular complexity index is 505. The summed E-state index contributed by atoms with van der Waals surface area (Å²) in [6.45, 7) is 5.40. The molecular formula is C13H17N3O. The van der Waals surface area contributed by atoms with Crippen molar-refractivity contribution in [3.05, 3.63) is 41.7 Å². The number of nitrogen functional groups attached to an aromatic ring is 1. The fourth-order valence-electron chi connectivity index (χ4n) is 1.60. The summed E-state index contributed by atoms with van der Waals surface area (Å²) in [5.74, 6) is 0.828. The first kappa shape index (κ1) is 11.5. The third kappa shape index (κ3) is 2.58. The number of hydrogen-bond acceptors (Lipinski definition) is 3. The number of benzene rings is 1. The standard InChI is InChI=1S/C13H17N3O/c1-3-16-8-11(7-15-16)9-17-13-6-4-5-12(14)10(13)2/h4-8H,3,9,14H2,1-2H3. The molecule has 2 rings (SSSR count). The van der Waals surface area contributed by atoms with Crippen LogP contribution >= 0.6 is 0 Å². The molecule has 1 aromatic heterocycles. The minimum Gasteiger partial charge on any atom is -0.488 e. The minimum absolute atomic E-state index is 0.518. The van der Waals surface area contributed by atoms with E-state index in [2.05, 4.69) is 12.0 Å². The van der Waals surface area contributed by atoms with Crippen molar-refractivity contribution < 1.29 is 4.74 Å². The van der Waals surface area contributed by atoms with E-state index in [0.717, 1.165) is 29.1 Å². The lowest BCUT2D eigenvalue weighted by Crippen LogP contribution is -1.98. The van der Waals surface area contributed by atoms with E-state index in [-0.39, 0.29) is 0 Å². The highest BCUT2D eigenvalue weighted by molar-refractivity contribution is 5.53. The van der Waals surface area contributed by atoms with Gasteiger partial charge in [0, 0.05) is 29.6 Å². The lowest BCUT2D eigenvalue weighted by molar-refractivity contribution is 0.304. The summed E-state index contributed by atoms with van der Waals surface area (Å²) in [4.78, 5) is 0. The summed E-state index contributed by atoms with van der Waals surface area (Å²) >= 11 is 0. The van der Waals surface area contributed by atoms with E-state index in [1.165, 1.54) is 0 Å². The largest absolute Gasteiger partial charge is 0.488 e. The molecule has 0 amide bonds. The second kappa shape index (κ2) is 4.91. The summed E-state index contributed by atoms with van der Waals surface area (Å²) in [5.41, 5.74) is 8.62. The van der Waals surface area contributed by atoms with Crippen LogP contribution in [0.5, 0.6) is 5.75 Å². The number of aryl methyl sites for hydroxylation is 1. The van der Waals surface area contributed by atoms with Crippen molar-refractivity contribution >= 4 is 5.69 Å². The molecule has 0 unspecified atom stereocenters. The highest BCUT2D eigenvalue weighted by atomic mass is 16.5. The maximum absolute atomic E-state index is 5.82. The smallest absolute Gasteiger partial charge is 0.124 e. The van der Waals surface area contributed by atoms with E-state index >= 15 is 0 Å². The van der Waals surface area contributed by atoms with E-state index in [0.29, 0.717) is 6.61 Å². The quantitative estimate of drug-likeness (QED) is 0.822. The molecule has 4 heteroatoms. The van der Waals surface area contributed by atoms with Gasteiger partial charge in [-0.3, -0.25) is 4.68 Å². The van der Waals surface area contributed by atoms with Gasteiger partial charge in [-0.2, -0.15) is 5.10 Å². The van der Waals surface area contributed by atoms with Gasteiger partial charge in [0.15, 0.2) is 0 Å². The first-order chi connectivity index (χ1) is 8.20. The lowest BCUT2D eigenvalue weighted by atomic mass is 10.2. The molecule has 4 nitrogen and oxygen atoms in total. The van der Waals surface area contributed by atoms with Gasteiger partial charge in [-0.15, -0.1) is 0 Å². The van der Waals surface area contributed by atoms with Gasteiger partial charge in [0.1, 0.15) is 12.4 Å². The van der Waals surface area contributed by atoms with E-state index in [1.54, 1.807) is 0 Å². The molecule has 0 saturated heterocycles. The van der Waals surface area contributed by atoms with Crippen molar-refractivity contribution in [2.75, 3.05) is 5.73 Å². The van der Waals surface area contributed by atoms with Gasteiger partial charge >= 0.3 is 0 Å². The predicted molar refractivity (Wildman–Crippen MR) is 67.8 cm³/mol. The molecule has 0 fully saturated rings. The van der Waals surface area contributed by atoms with Crippen LogP contribution in [-0.4, -0.2) is 9.78 Å². The molecule has 0 aliphatic carbocycles. The Kier molecular flexibility index (Phi) is 3.32. The zero-order valence-electron chi connectivity index (χ0n) is 10.2. The van der Waals surface area contributed by atoms with Crippen LogP contribution in [0.15, 0.2) is 30.6 Å². The molecule has 0 saturated carbocycles. The van der Waals surface area contributed by atoms with E-state index in [1.807, 2.05) is 42.2 Å². The van der Waals surface area contributed by atoms with Crippen LogP contribution in [0.3, 0.4) is 0 Å². The second-order valence-electron chi connectivity index (χ2n) is 3.96. The van der Waals surface area contributed by atoms with E-state index in [4.69, 9.17) is 10.5 Å². The number of aromatic nitrogens is 2. The third-order valence-corrected chi connectivity index (χ3v) is 2.73. The molecule has 0 atom stereocenters. The Hall–Kier alpha value is -1.97. The molecule has 17 heavy (non-hydrogen) atoms. The van der Waals surface area contributed by atoms with Crippen molar-refractivity contribution in [3.63, 3.8) is 0 Å². The number of nitrogens with two attached hydrogens (primary N) is 1. The number of rotatable bonds is 4. The average molecular weight is 231 g/mol. The predicted octanol–water partition coefficient (Wildman–Crippen LogP) is 2.37. The van der Waals surface area contributed by atoms with E-state index < -0.39 is 0 Å². The van der Waals surface area contributed by atoms with Crippen LogP contribution in [-0.2, 0) is 13.2 Å². The first-order valence-corrected chi connectivity index (χ1v) is 5.70. The van der Waals surface area contributed by atoms with Crippen LogP contribution in [0.25, 0.3) is 0 Å². The third-order valence-electron chi connectivity index (χ3n) is 2.73. The van der Waals surface area contributed by atoms with Crippen molar-refractivity contribution in [2.24, 2.45) is 0 Å². The molecule has 0 bridgehead atoms. The maximum atomic E-state index is 5.82. The first-order valence-electron chi connectivity index (χ1n) is 5.70. The minimum atomic E-state index is 0.518. The molecule has 2 N–H and O–H groups in total. The normalized spacial score (nSPS) is 10.5. The van der Waals surface area contributed by atoms with Gasteiger partial charge in [-0.1, -0.05) is 6.07 Å². The topological polar surface area (TPSA) is 53.1 Å². The highest BCUT2D eigenvalue weighted by Crippen LogP contribution is 2.23. The Morgan fingerprint density at radius 2 is 2.24 bits per heavy atom. The summed E-state index contributed by atoms with van der Waals surface area (Å²) in [7, 11) is 0. The summed E-state index contributed by atoms with van der Waals surface area (Å²) < 4.78 is 7.61. The van der Waals surface area contributed by atoms with Crippen LogP contribution in [0.1, 0.15) is 18.1 Å². The molecule has 0 radical (unpaired) electrons. The van der Waals surface area contributed by atoms with Gasteiger partial charge in [0.25, 0.3) is 0 Å². The van der Waals surface area contributed by atoms with Gasteiger partial charge in [-0.25, -0.2) is 0 Å². The van der Waals surface area contributed by atoms with Crippen LogP contribution in [0.4, 0.5) is 5.69 Å². The Morgan fingerprint density at radius 1 is 1.41 bits per heavy atom. The molecule has 1 aromatic carbocycles. The summed E-state index contributed by atoms with van der Waals surface area (Å²) in [6, 6.07) is 5.69. The average Bonchev–Trinajstić information content (AvgIpc) is 2.79. The van der Waals surface area contributed by atoms with E-state index in [9.17, 15) is 0 Å². The molecule has 1 heterocycles. The molecule has 0 aliphatic rings. The number of ether oxygens (including phenoxy) is 1. The maximum Gasteiger partial charge on any atom is 0.124 e. The highest BCUT2D eigenvalue weighted by Gasteiger charge is 2.03. The summed E-state index contributed by atoms with van der Waals surface area (Å²) in [6.07, 6.45) is 3.81.